The molecule has 5 nitrogen and oxygen atoms in total. The first-order valence-corrected chi connectivity index (χ1v) is 8.41. The lowest BCUT2D eigenvalue weighted by molar-refractivity contribution is -0.383. The summed E-state index contributed by atoms with van der Waals surface area (Å²) in [6.07, 6.45) is -9.21. The maximum absolute atomic E-state index is 13.7. The summed E-state index contributed by atoms with van der Waals surface area (Å²) in [5, 5.41) is 3.88. The Morgan fingerprint density at radius 3 is 2.17 bits per heavy atom. The van der Waals surface area contributed by atoms with Crippen LogP contribution in [0.1, 0.15) is 35.3 Å². The Kier molecular flexibility index (Phi) is 6.03. The van der Waals surface area contributed by atoms with Crippen LogP contribution in [0.3, 0.4) is 0 Å². The zero-order valence-electron chi connectivity index (χ0n) is 15.7. The number of ether oxygens (including phenoxy) is 1. The number of rotatable bonds is 6. The molecule has 2 N–H and O–H groups in total. The third kappa shape index (κ3) is 4.09. The van der Waals surface area contributed by atoms with Crippen molar-refractivity contribution in [2.24, 2.45) is 11.7 Å². The standard InChI is InChI=1S/C18H19F6N3O2/c1-10(2)6-11-7-13(27-9-12(8-26-27)15(25)28)4-5-14(11)16(29-3,17(19,20)21)18(22,23)24/h4-5,7-10H,6H2,1-3H3,(H2,25,28). The fourth-order valence-corrected chi connectivity index (χ4v) is 3.07. The van der Waals surface area contributed by atoms with Gasteiger partial charge in [0.1, 0.15) is 0 Å². The summed E-state index contributed by atoms with van der Waals surface area (Å²) in [5.41, 5.74) is -0.379. The molecule has 2 rings (SSSR count). The van der Waals surface area contributed by atoms with Crippen LogP contribution in [0.5, 0.6) is 0 Å². The molecule has 0 saturated heterocycles. The molecule has 0 saturated carbocycles. The number of nitrogens with zero attached hydrogens (tertiary/aromatic N) is 2. The Balaban J connectivity index is 2.74. The SMILES string of the molecule is COC(c1ccc(-n2cc(C(N)=O)cn2)cc1CC(C)C)(C(F)(F)F)C(F)(F)F. The van der Waals surface area contributed by atoms with Crippen molar-refractivity contribution in [1.82, 2.24) is 9.78 Å². The minimum atomic E-state index is -5.75. The minimum absolute atomic E-state index is 0.0382. The van der Waals surface area contributed by atoms with Crippen molar-refractivity contribution in [1.29, 1.82) is 0 Å². The molecular formula is C18H19F6N3O2. The van der Waals surface area contributed by atoms with Crippen LogP contribution in [-0.2, 0) is 16.8 Å². The van der Waals surface area contributed by atoms with Crippen LogP contribution in [0.25, 0.3) is 5.69 Å². The predicted molar refractivity (Wildman–Crippen MR) is 91.4 cm³/mol. The van der Waals surface area contributed by atoms with Gasteiger partial charge in [0, 0.05) is 18.9 Å². The topological polar surface area (TPSA) is 70.1 Å². The smallest absolute Gasteiger partial charge is 0.366 e. The zero-order chi connectivity index (χ0) is 22.2. The number of alkyl halides is 6. The Labute approximate surface area is 162 Å². The normalized spacial score (nSPS) is 13.2. The van der Waals surface area contributed by atoms with Gasteiger partial charge in [0.25, 0.3) is 11.5 Å². The average molecular weight is 423 g/mol. The molecule has 0 bridgehead atoms. The van der Waals surface area contributed by atoms with Crippen LogP contribution >= 0.6 is 0 Å². The van der Waals surface area contributed by atoms with Crippen LogP contribution in [0, 0.1) is 5.92 Å². The summed E-state index contributed by atoms with van der Waals surface area (Å²) in [4.78, 5) is 11.2. The van der Waals surface area contributed by atoms with E-state index in [1.165, 1.54) is 12.3 Å². The maximum Gasteiger partial charge on any atom is 0.430 e. The van der Waals surface area contributed by atoms with Gasteiger partial charge in [0.05, 0.1) is 17.4 Å². The highest BCUT2D eigenvalue weighted by molar-refractivity contribution is 5.92. The number of primary amides is 1. The Bertz CT molecular complexity index is 872. The second-order valence-electron chi connectivity index (χ2n) is 6.86. The summed E-state index contributed by atoms with van der Waals surface area (Å²) < 4.78 is 87.3. The van der Waals surface area contributed by atoms with Crippen molar-refractivity contribution >= 4 is 5.91 Å². The Morgan fingerprint density at radius 1 is 1.17 bits per heavy atom. The number of halogens is 6. The molecule has 1 aromatic carbocycles. The van der Waals surface area contributed by atoms with Gasteiger partial charge in [-0.05, 0) is 30.0 Å². The Hall–Kier alpha value is -2.56. The van der Waals surface area contributed by atoms with Gasteiger partial charge in [-0.25, -0.2) is 4.68 Å². The third-order valence-corrected chi connectivity index (χ3v) is 4.33. The molecule has 0 fully saturated rings. The minimum Gasteiger partial charge on any atom is -0.366 e. The molecule has 11 heteroatoms. The van der Waals surface area contributed by atoms with E-state index in [9.17, 15) is 31.1 Å². The van der Waals surface area contributed by atoms with E-state index < -0.39 is 29.4 Å². The molecule has 1 amide bonds. The molecular weight excluding hydrogens is 404 g/mol. The van der Waals surface area contributed by atoms with Crippen molar-refractivity contribution in [3.8, 4) is 5.69 Å². The lowest BCUT2D eigenvalue weighted by atomic mass is 9.84. The second kappa shape index (κ2) is 7.69. The van der Waals surface area contributed by atoms with Crippen LogP contribution in [-0.4, -0.2) is 35.2 Å². The van der Waals surface area contributed by atoms with Crippen LogP contribution in [0.15, 0.2) is 30.6 Å². The van der Waals surface area contributed by atoms with E-state index in [1.54, 1.807) is 13.8 Å². The molecule has 160 valence electrons. The summed E-state index contributed by atoms with van der Waals surface area (Å²) >= 11 is 0. The largest absolute Gasteiger partial charge is 0.430 e. The van der Waals surface area contributed by atoms with Crippen molar-refractivity contribution < 1.29 is 35.9 Å². The fraction of sp³-hybridized carbons (Fsp3) is 0.444. The number of methoxy groups -OCH3 is 1. The van der Waals surface area contributed by atoms with Crippen LogP contribution in [0.4, 0.5) is 26.3 Å². The molecule has 2 aromatic rings. The van der Waals surface area contributed by atoms with Crippen LogP contribution < -0.4 is 5.73 Å². The van der Waals surface area contributed by atoms with Crippen molar-refractivity contribution in [2.75, 3.05) is 7.11 Å². The highest BCUT2D eigenvalue weighted by atomic mass is 19.4. The van der Waals surface area contributed by atoms with Crippen LogP contribution in [0.2, 0.25) is 0 Å². The number of carbonyl (C=O) groups is 1. The molecule has 0 aliphatic rings. The van der Waals surface area contributed by atoms with Crippen molar-refractivity contribution in [3.63, 3.8) is 0 Å². The quantitative estimate of drug-likeness (QED) is 0.711. The number of amides is 1. The van der Waals surface area contributed by atoms with Gasteiger partial charge >= 0.3 is 12.4 Å². The molecule has 1 heterocycles. The van der Waals surface area contributed by atoms with Crippen molar-refractivity contribution in [2.45, 2.75) is 38.2 Å². The summed E-state index contributed by atoms with van der Waals surface area (Å²) in [5.74, 6) is -1.03. The average Bonchev–Trinajstić information content (AvgIpc) is 3.04. The molecule has 0 atom stereocenters. The maximum atomic E-state index is 13.7. The van der Waals surface area contributed by atoms with E-state index in [1.807, 2.05) is 0 Å². The van der Waals surface area contributed by atoms with E-state index in [-0.39, 0.29) is 29.2 Å². The lowest BCUT2D eigenvalue weighted by Gasteiger charge is -2.37. The summed E-state index contributed by atoms with van der Waals surface area (Å²) in [7, 11) is 0.376. The number of aromatic nitrogens is 2. The van der Waals surface area contributed by atoms with E-state index in [0.717, 1.165) is 23.0 Å². The molecule has 0 spiro atoms. The third-order valence-electron chi connectivity index (χ3n) is 4.33. The molecule has 0 aliphatic carbocycles. The predicted octanol–water partition coefficient (Wildman–Crippen LogP) is 4.14. The number of hydrogen-bond donors (Lipinski definition) is 1. The molecule has 0 radical (unpaired) electrons. The molecule has 1 aromatic heterocycles. The first-order chi connectivity index (χ1) is 13.2. The second-order valence-corrected chi connectivity index (χ2v) is 6.86. The van der Waals surface area contributed by atoms with Gasteiger partial charge in [-0.3, -0.25) is 4.79 Å². The van der Waals surface area contributed by atoms with Gasteiger partial charge in [-0.2, -0.15) is 31.4 Å². The van der Waals surface area contributed by atoms with Gasteiger partial charge in [0.15, 0.2) is 0 Å². The van der Waals surface area contributed by atoms with Gasteiger partial charge in [0.2, 0.25) is 0 Å². The van der Waals surface area contributed by atoms with E-state index in [2.05, 4.69) is 9.84 Å². The highest BCUT2D eigenvalue weighted by Gasteiger charge is 2.73. The first-order valence-electron chi connectivity index (χ1n) is 8.41. The summed E-state index contributed by atoms with van der Waals surface area (Å²) in [6.45, 7) is 3.32. The summed E-state index contributed by atoms with van der Waals surface area (Å²) in [6, 6.07) is 2.93. The van der Waals surface area contributed by atoms with E-state index in [0.29, 0.717) is 7.11 Å². The zero-order valence-corrected chi connectivity index (χ0v) is 15.7. The Morgan fingerprint density at radius 2 is 1.76 bits per heavy atom. The monoisotopic (exact) mass is 423 g/mol. The fourth-order valence-electron chi connectivity index (χ4n) is 3.07. The van der Waals surface area contributed by atoms with E-state index >= 15 is 0 Å². The van der Waals surface area contributed by atoms with Gasteiger partial charge in [-0.15, -0.1) is 0 Å². The van der Waals surface area contributed by atoms with Gasteiger partial charge < -0.3 is 10.5 Å². The lowest BCUT2D eigenvalue weighted by Crippen LogP contribution is -2.55. The number of hydrogen-bond acceptors (Lipinski definition) is 3. The first kappa shape index (κ1) is 22.7. The molecule has 0 unspecified atom stereocenters. The number of carbonyl (C=O) groups excluding carboxylic acids is 1. The van der Waals surface area contributed by atoms with Gasteiger partial charge in [-0.1, -0.05) is 19.9 Å². The highest BCUT2D eigenvalue weighted by Crippen LogP contribution is 2.53. The molecule has 0 aliphatic heterocycles. The van der Waals surface area contributed by atoms with Crippen molar-refractivity contribution in [3.05, 3.63) is 47.3 Å². The molecule has 29 heavy (non-hydrogen) atoms. The number of benzene rings is 1. The number of nitrogens with two attached hydrogens (primary N) is 1. The van der Waals surface area contributed by atoms with E-state index in [4.69, 9.17) is 5.73 Å².